The Kier molecular flexibility index (Phi) is 6.69. The first kappa shape index (κ1) is 20.6. The van der Waals surface area contributed by atoms with Gasteiger partial charge in [0.1, 0.15) is 11.6 Å². The van der Waals surface area contributed by atoms with Crippen LogP contribution in [0.25, 0.3) is 0 Å². The summed E-state index contributed by atoms with van der Waals surface area (Å²) < 4.78 is 7.15. The maximum absolute atomic E-state index is 11.8. The summed E-state index contributed by atoms with van der Waals surface area (Å²) in [5, 5.41) is 15.1. The number of guanidine groups is 1. The molecular weight excluding hydrogens is 370 g/mol. The van der Waals surface area contributed by atoms with Gasteiger partial charge in [-0.05, 0) is 31.0 Å². The number of carbonyl (C=O) groups is 1. The van der Waals surface area contributed by atoms with Crippen LogP contribution in [-0.2, 0) is 24.9 Å². The van der Waals surface area contributed by atoms with Gasteiger partial charge in [0.2, 0.25) is 5.91 Å². The summed E-state index contributed by atoms with van der Waals surface area (Å²) >= 11 is 0. The summed E-state index contributed by atoms with van der Waals surface area (Å²) in [7, 11) is 5.43. The average Bonchev–Trinajstić information content (AvgIpc) is 3.05. The molecule has 2 N–H and O–H groups in total. The van der Waals surface area contributed by atoms with Crippen LogP contribution in [0.4, 0.5) is 0 Å². The molecule has 9 heteroatoms. The predicted octanol–water partition coefficient (Wildman–Crippen LogP) is 0.988. The van der Waals surface area contributed by atoms with E-state index >= 15 is 0 Å². The molecule has 1 fully saturated rings. The van der Waals surface area contributed by atoms with Crippen LogP contribution in [0.3, 0.4) is 0 Å². The molecule has 0 saturated carbocycles. The van der Waals surface area contributed by atoms with Crippen LogP contribution in [0.2, 0.25) is 0 Å². The highest BCUT2D eigenvalue weighted by atomic mass is 16.5. The molecule has 0 spiro atoms. The molecule has 156 valence electrons. The average molecular weight is 399 g/mol. The number of benzene rings is 1. The number of aliphatic imine (C=N–C) groups is 1. The van der Waals surface area contributed by atoms with Crippen molar-refractivity contribution in [1.82, 2.24) is 30.3 Å². The van der Waals surface area contributed by atoms with E-state index in [1.165, 1.54) is 0 Å². The number of amides is 1. The van der Waals surface area contributed by atoms with Crippen LogP contribution in [0.1, 0.15) is 30.1 Å². The van der Waals surface area contributed by atoms with Crippen LogP contribution < -0.4 is 15.4 Å². The number of hydrogen-bond donors (Lipinski definition) is 2. The van der Waals surface area contributed by atoms with Crippen LogP contribution in [-0.4, -0.2) is 58.3 Å². The van der Waals surface area contributed by atoms with E-state index in [-0.39, 0.29) is 11.9 Å². The Morgan fingerprint density at radius 1 is 1.28 bits per heavy atom. The van der Waals surface area contributed by atoms with Gasteiger partial charge in [-0.2, -0.15) is 0 Å². The third-order valence-corrected chi connectivity index (χ3v) is 5.14. The minimum atomic E-state index is 0.154. The van der Waals surface area contributed by atoms with Crippen molar-refractivity contribution in [3.8, 4) is 5.75 Å². The van der Waals surface area contributed by atoms with Gasteiger partial charge in [0.05, 0.1) is 20.2 Å². The number of nitrogens with zero attached hydrogens (tertiary/aromatic N) is 5. The normalized spacial score (nSPS) is 17.4. The number of piperidine rings is 1. The summed E-state index contributed by atoms with van der Waals surface area (Å²) in [5.41, 5.74) is 1.08. The number of rotatable bonds is 6. The molecule has 9 nitrogen and oxygen atoms in total. The highest BCUT2D eigenvalue weighted by Gasteiger charge is 2.23. The number of methoxy groups -OCH3 is 1. The van der Waals surface area contributed by atoms with Gasteiger partial charge in [-0.3, -0.25) is 4.79 Å². The lowest BCUT2D eigenvalue weighted by Crippen LogP contribution is -2.51. The largest absolute Gasteiger partial charge is 0.497 e. The summed E-state index contributed by atoms with van der Waals surface area (Å²) in [6.45, 7) is 3.61. The molecule has 2 heterocycles. The molecule has 3 rings (SSSR count). The van der Waals surface area contributed by atoms with Crippen molar-refractivity contribution in [2.45, 2.75) is 38.9 Å². The second kappa shape index (κ2) is 9.40. The zero-order valence-corrected chi connectivity index (χ0v) is 17.5. The van der Waals surface area contributed by atoms with Gasteiger partial charge in [-0.25, -0.2) is 4.99 Å². The molecule has 1 aromatic carbocycles. The maximum Gasteiger partial charge on any atom is 0.222 e. The molecule has 29 heavy (non-hydrogen) atoms. The zero-order chi connectivity index (χ0) is 20.8. The second-order valence-electron chi connectivity index (χ2n) is 7.24. The predicted molar refractivity (Wildman–Crippen MR) is 111 cm³/mol. The molecule has 1 atom stereocenters. The third kappa shape index (κ3) is 5.46. The first-order valence-electron chi connectivity index (χ1n) is 9.73. The highest BCUT2D eigenvalue weighted by molar-refractivity contribution is 5.81. The standard InChI is InChI=1S/C20H29N7O2/c1-14-24-25-18(27(14)3)12-22-20(23-16-7-10-19(28)26(2)13-16)21-11-15-5-8-17(29-4)9-6-15/h5-6,8-9,16H,7,10-13H2,1-4H3,(H2,21,22,23). The molecule has 1 aromatic heterocycles. The van der Waals surface area contributed by atoms with Gasteiger partial charge in [0.15, 0.2) is 11.8 Å². The number of likely N-dealkylation sites (tertiary alicyclic amines) is 1. The minimum absolute atomic E-state index is 0.154. The van der Waals surface area contributed by atoms with E-state index in [1.54, 1.807) is 12.0 Å². The Morgan fingerprint density at radius 3 is 2.66 bits per heavy atom. The molecule has 1 unspecified atom stereocenters. The fraction of sp³-hybridized carbons (Fsp3) is 0.500. The van der Waals surface area contributed by atoms with Crippen LogP contribution in [0, 0.1) is 6.92 Å². The number of ether oxygens (including phenoxy) is 1. The number of likely N-dealkylation sites (N-methyl/N-ethyl adjacent to an activating group) is 1. The van der Waals surface area contributed by atoms with Crippen LogP contribution in [0.5, 0.6) is 5.75 Å². The number of carbonyl (C=O) groups excluding carboxylic acids is 1. The molecule has 1 amide bonds. The first-order valence-corrected chi connectivity index (χ1v) is 9.73. The monoisotopic (exact) mass is 399 g/mol. The Hall–Kier alpha value is -3.10. The second-order valence-corrected chi connectivity index (χ2v) is 7.24. The van der Waals surface area contributed by atoms with E-state index in [0.29, 0.717) is 32.0 Å². The fourth-order valence-corrected chi connectivity index (χ4v) is 3.15. The number of aryl methyl sites for hydroxylation is 1. The van der Waals surface area contributed by atoms with Crippen molar-refractivity contribution in [1.29, 1.82) is 0 Å². The zero-order valence-electron chi connectivity index (χ0n) is 17.5. The van der Waals surface area contributed by atoms with Crippen molar-refractivity contribution >= 4 is 11.9 Å². The van der Waals surface area contributed by atoms with E-state index in [1.807, 2.05) is 49.9 Å². The minimum Gasteiger partial charge on any atom is -0.497 e. The lowest BCUT2D eigenvalue weighted by atomic mass is 10.1. The highest BCUT2D eigenvalue weighted by Crippen LogP contribution is 2.12. The summed E-state index contributed by atoms with van der Waals surface area (Å²) in [6.07, 6.45) is 1.33. The number of aromatic nitrogens is 3. The summed E-state index contributed by atoms with van der Waals surface area (Å²) in [6, 6.07) is 8.00. The van der Waals surface area contributed by atoms with Crippen molar-refractivity contribution in [3.05, 3.63) is 41.5 Å². The van der Waals surface area contributed by atoms with Crippen molar-refractivity contribution in [3.63, 3.8) is 0 Å². The van der Waals surface area contributed by atoms with E-state index in [9.17, 15) is 4.79 Å². The van der Waals surface area contributed by atoms with Gasteiger partial charge >= 0.3 is 0 Å². The number of hydrogen-bond acceptors (Lipinski definition) is 5. The molecule has 1 aliphatic heterocycles. The maximum atomic E-state index is 11.8. The Morgan fingerprint density at radius 2 is 2.03 bits per heavy atom. The Balaban J connectivity index is 1.68. The fourth-order valence-electron chi connectivity index (χ4n) is 3.15. The van der Waals surface area contributed by atoms with Crippen molar-refractivity contribution in [2.24, 2.45) is 12.0 Å². The molecule has 1 aliphatic rings. The Bertz CT molecular complexity index is 860. The Labute approximate surface area is 171 Å². The lowest BCUT2D eigenvalue weighted by Gasteiger charge is -2.31. The van der Waals surface area contributed by atoms with E-state index in [0.717, 1.165) is 29.4 Å². The quantitative estimate of drug-likeness (QED) is 0.555. The van der Waals surface area contributed by atoms with Gasteiger partial charge in [-0.15, -0.1) is 10.2 Å². The van der Waals surface area contributed by atoms with Crippen LogP contribution >= 0.6 is 0 Å². The van der Waals surface area contributed by atoms with E-state index < -0.39 is 0 Å². The molecule has 0 radical (unpaired) electrons. The molecule has 1 saturated heterocycles. The summed E-state index contributed by atoms with van der Waals surface area (Å²) in [4.78, 5) is 18.3. The van der Waals surface area contributed by atoms with Gasteiger partial charge in [-0.1, -0.05) is 12.1 Å². The first-order chi connectivity index (χ1) is 14.0. The topological polar surface area (TPSA) is 96.7 Å². The van der Waals surface area contributed by atoms with Crippen molar-refractivity contribution in [2.75, 3.05) is 20.7 Å². The van der Waals surface area contributed by atoms with Crippen LogP contribution in [0.15, 0.2) is 29.3 Å². The molecule has 0 aliphatic carbocycles. The van der Waals surface area contributed by atoms with E-state index in [4.69, 9.17) is 9.73 Å². The molecular formula is C20H29N7O2. The molecule has 2 aromatic rings. The summed E-state index contributed by atoms with van der Waals surface area (Å²) in [5.74, 6) is 3.38. The van der Waals surface area contributed by atoms with Gasteiger partial charge in [0.25, 0.3) is 0 Å². The SMILES string of the molecule is COc1ccc(CN=C(NCc2nnc(C)n2C)NC2CCC(=O)N(C)C2)cc1. The third-order valence-electron chi connectivity index (χ3n) is 5.14. The smallest absolute Gasteiger partial charge is 0.222 e. The lowest BCUT2D eigenvalue weighted by molar-refractivity contribution is -0.132. The van der Waals surface area contributed by atoms with E-state index in [2.05, 4.69) is 20.8 Å². The van der Waals surface area contributed by atoms with Gasteiger partial charge in [0, 0.05) is 33.1 Å². The number of nitrogens with one attached hydrogen (secondary N) is 2. The van der Waals surface area contributed by atoms with Crippen molar-refractivity contribution < 1.29 is 9.53 Å². The van der Waals surface area contributed by atoms with Gasteiger partial charge < -0.3 is 24.8 Å². The molecule has 0 bridgehead atoms.